The van der Waals surface area contributed by atoms with Crippen LogP contribution >= 0.6 is 0 Å². The summed E-state index contributed by atoms with van der Waals surface area (Å²) < 4.78 is 37.4. The third-order valence-corrected chi connectivity index (χ3v) is 4.05. The maximum absolute atomic E-state index is 12.5. The van der Waals surface area contributed by atoms with Crippen LogP contribution in [-0.2, 0) is 22.4 Å². The number of carboxylic acid groups (broad SMARTS) is 1. The largest absolute Gasteiger partial charge is 0.481 e. The quantitative estimate of drug-likeness (QED) is 0.620. The molecule has 136 valence electrons. The minimum Gasteiger partial charge on any atom is -0.481 e. The molecule has 0 heterocycles. The van der Waals surface area contributed by atoms with Crippen LogP contribution in [0.2, 0.25) is 0 Å². The van der Waals surface area contributed by atoms with Gasteiger partial charge in [-0.3, -0.25) is 19.7 Å². The second-order valence-electron chi connectivity index (χ2n) is 5.71. The van der Waals surface area contributed by atoms with Gasteiger partial charge < -0.3 is 10.4 Å². The average Bonchev–Trinajstić information content (AvgIpc) is 2.51. The number of fused-ring (bicyclic) bond motifs is 1. The zero-order chi connectivity index (χ0) is 18.8. The lowest BCUT2D eigenvalue weighted by Gasteiger charge is -2.27. The first-order valence-electron chi connectivity index (χ1n) is 7.49. The van der Waals surface area contributed by atoms with Gasteiger partial charge in [-0.05, 0) is 31.2 Å². The van der Waals surface area contributed by atoms with E-state index in [1.54, 1.807) is 0 Å². The number of amides is 1. The molecule has 2 N–H and O–H groups in total. The first kappa shape index (κ1) is 18.7. The lowest BCUT2D eigenvalue weighted by Crippen LogP contribution is -2.40. The van der Waals surface area contributed by atoms with E-state index < -0.39 is 29.0 Å². The van der Waals surface area contributed by atoms with Gasteiger partial charge in [0.05, 0.1) is 11.0 Å². The van der Waals surface area contributed by atoms with Crippen LogP contribution in [0.4, 0.5) is 18.9 Å². The van der Waals surface area contributed by atoms with Crippen LogP contribution in [0.25, 0.3) is 0 Å². The van der Waals surface area contributed by atoms with Crippen LogP contribution in [-0.4, -0.2) is 28.1 Å². The summed E-state index contributed by atoms with van der Waals surface area (Å²) in [4.78, 5) is 32.6. The molecular formula is C15H15F3N2O5. The molecule has 25 heavy (non-hydrogen) atoms. The van der Waals surface area contributed by atoms with E-state index >= 15 is 0 Å². The van der Waals surface area contributed by atoms with Crippen molar-refractivity contribution in [1.82, 2.24) is 5.32 Å². The van der Waals surface area contributed by atoms with Crippen LogP contribution in [0, 0.1) is 10.1 Å². The smallest absolute Gasteiger partial charge is 0.471 e. The monoisotopic (exact) mass is 360 g/mol. The number of aryl methyl sites for hydroxylation is 1. The van der Waals surface area contributed by atoms with Crippen molar-refractivity contribution in [3.63, 3.8) is 0 Å². The van der Waals surface area contributed by atoms with E-state index in [2.05, 4.69) is 0 Å². The molecule has 0 bridgehead atoms. The van der Waals surface area contributed by atoms with Gasteiger partial charge >= 0.3 is 18.1 Å². The average molecular weight is 360 g/mol. The fourth-order valence-corrected chi connectivity index (χ4v) is 2.99. The van der Waals surface area contributed by atoms with Crippen molar-refractivity contribution in [2.45, 2.75) is 44.3 Å². The molecule has 1 atom stereocenters. The number of nitrogens with one attached hydrogen (secondary N) is 1. The standard InChI is InChI=1S/C15H15F3N2O5/c16-15(17,18)14(23)19-11-3-1-2-10-9(11)6-4-8(5-7-12(21)22)13(10)20(24)25/h4,6,11H,1-3,5,7H2,(H,19,23)(H,21,22). The van der Waals surface area contributed by atoms with Gasteiger partial charge in [0.1, 0.15) is 0 Å². The molecule has 2 rings (SSSR count). The Hall–Kier alpha value is -2.65. The number of hydrogen-bond donors (Lipinski definition) is 2. The molecule has 0 saturated heterocycles. The van der Waals surface area contributed by atoms with E-state index in [4.69, 9.17) is 5.11 Å². The Kier molecular flexibility index (Phi) is 5.29. The van der Waals surface area contributed by atoms with Gasteiger partial charge in [-0.15, -0.1) is 0 Å². The summed E-state index contributed by atoms with van der Waals surface area (Å²) in [6.07, 6.45) is -4.50. The second kappa shape index (κ2) is 7.08. The SMILES string of the molecule is O=C(O)CCc1ccc2c(c1[N+](=O)[O-])CCCC2NC(=O)C(F)(F)F. The molecular weight excluding hydrogens is 345 g/mol. The van der Waals surface area contributed by atoms with Crippen LogP contribution in [0.1, 0.15) is 42.0 Å². The van der Waals surface area contributed by atoms with E-state index in [1.165, 1.54) is 12.1 Å². The Bertz CT molecular complexity index is 718. The Morgan fingerprint density at radius 3 is 2.60 bits per heavy atom. The molecule has 1 aromatic carbocycles. The number of nitro groups is 1. The number of halogens is 3. The molecule has 7 nitrogen and oxygen atoms in total. The van der Waals surface area contributed by atoms with Crippen molar-refractivity contribution >= 4 is 17.6 Å². The summed E-state index contributed by atoms with van der Waals surface area (Å²) >= 11 is 0. The first-order chi connectivity index (χ1) is 11.6. The fourth-order valence-electron chi connectivity index (χ4n) is 2.99. The zero-order valence-corrected chi connectivity index (χ0v) is 12.9. The molecule has 0 fully saturated rings. The Balaban J connectivity index is 2.39. The van der Waals surface area contributed by atoms with Gasteiger partial charge in [-0.2, -0.15) is 13.2 Å². The van der Waals surface area contributed by atoms with E-state index in [9.17, 15) is 32.9 Å². The number of alkyl halides is 3. The molecule has 0 saturated carbocycles. The fraction of sp³-hybridized carbons (Fsp3) is 0.467. The summed E-state index contributed by atoms with van der Waals surface area (Å²) in [5.74, 6) is -3.20. The molecule has 1 unspecified atom stereocenters. The molecule has 1 aliphatic carbocycles. The van der Waals surface area contributed by atoms with E-state index in [1.807, 2.05) is 5.32 Å². The number of hydrogen-bond acceptors (Lipinski definition) is 4. The van der Waals surface area contributed by atoms with Gasteiger partial charge in [0, 0.05) is 17.5 Å². The molecule has 0 aliphatic heterocycles. The van der Waals surface area contributed by atoms with Crippen molar-refractivity contribution < 1.29 is 32.8 Å². The highest BCUT2D eigenvalue weighted by molar-refractivity contribution is 5.82. The van der Waals surface area contributed by atoms with Gasteiger partial charge in [0.15, 0.2) is 0 Å². The number of aliphatic carboxylic acids is 1. The maximum Gasteiger partial charge on any atom is 0.471 e. The number of nitrogens with zero attached hydrogens (tertiary/aromatic N) is 1. The van der Waals surface area contributed by atoms with E-state index in [0.717, 1.165) is 0 Å². The number of rotatable bonds is 5. The van der Waals surface area contributed by atoms with Gasteiger partial charge in [0.25, 0.3) is 5.69 Å². The molecule has 10 heteroatoms. The predicted octanol–water partition coefficient (Wildman–Crippen LogP) is 2.67. The molecule has 1 aliphatic rings. The Morgan fingerprint density at radius 2 is 2.04 bits per heavy atom. The minimum atomic E-state index is -5.04. The van der Waals surface area contributed by atoms with Crippen molar-refractivity contribution in [2.24, 2.45) is 0 Å². The van der Waals surface area contributed by atoms with E-state index in [-0.39, 0.29) is 48.1 Å². The van der Waals surface area contributed by atoms with Gasteiger partial charge in [-0.1, -0.05) is 12.1 Å². The highest BCUT2D eigenvalue weighted by Crippen LogP contribution is 2.38. The normalized spacial score (nSPS) is 16.8. The summed E-state index contributed by atoms with van der Waals surface area (Å²) in [7, 11) is 0. The summed E-state index contributed by atoms with van der Waals surface area (Å²) in [5, 5.41) is 22.0. The Morgan fingerprint density at radius 1 is 1.36 bits per heavy atom. The Labute approximate surface area is 140 Å². The molecule has 1 amide bonds. The first-order valence-corrected chi connectivity index (χ1v) is 7.49. The minimum absolute atomic E-state index is 0.0570. The third kappa shape index (κ3) is 4.25. The number of benzene rings is 1. The molecule has 0 radical (unpaired) electrons. The van der Waals surface area contributed by atoms with Crippen LogP contribution < -0.4 is 5.32 Å². The third-order valence-electron chi connectivity index (χ3n) is 4.05. The van der Waals surface area contributed by atoms with Gasteiger partial charge in [-0.25, -0.2) is 0 Å². The second-order valence-corrected chi connectivity index (χ2v) is 5.71. The molecule has 0 spiro atoms. The lowest BCUT2D eigenvalue weighted by molar-refractivity contribution is -0.386. The van der Waals surface area contributed by atoms with Crippen LogP contribution in [0.5, 0.6) is 0 Å². The number of carbonyl (C=O) groups is 2. The number of nitro benzene ring substituents is 1. The zero-order valence-electron chi connectivity index (χ0n) is 12.9. The highest BCUT2D eigenvalue weighted by Gasteiger charge is 2.41. The van der Waals surface area contributed by atoms with E-state index in [0.29, 0.717) is 6.42 Å². The maximum atomic E-state index is 12.5. The molecule has 0 aromatic heterocycles. The summed E-state index contributed by atoms with van der Waals surface area (Å²) in [5.41, 5.74) is 0.472. The lowest BCUT2D eigenvalue weighted by atomic mass is 9.84. The molecule has 1 aromatic rings. The topological polar surface area (TPSA) is 110 Å². The summed E-state index contributed by atoms with van der Waals surface area (Å²) in [6.45, 7) is 0. The number of carbonyl (C=O) groups excluding carboxylic acids is 1. The van der Waals surface area contributed by atoms with Crippen molar-refractivity contribution in [3.8, 4) is 0 Å². The van der Waals surface area contributed by atoms with Crippen molar-refractivity contribution in [2.75, 3.05) is 0 Å². The predicted molar refractivity (Wildman–Crippen MR) is 78.9 cm³/mol. The summed E-state index contributed by atoms with van der Waals surface area (Å²) in [6, 6.07) is 1.81. The number of carboxylic acids is 1. The van der Waals surface area contributed by atoms with Crippen LogP contribution in [0.15, 0.2) is 12.1 Å². The van der Waals surface area contributed by atoms with Crippen molar-refractivity contribution in [3.05, 3.63) is 38.9 Å². The van der Waals surface area contributed by atoms with Crippen molar-refractivity contribution in [1.29, 1.82) is 0 Å². The highest BCUT2D eigenvalue weighted by atomic mass is 19.4. The van der Waals surface area contributed by atoms with Gasteiger partial charge in [0.2, 0.25) is 0 Å². The van der Waals surface area contributed by atoms with Crippen LogP contribution in [0.3, 0.4) is 0 Å².